The molecule has 3 aromatic carbocycles. The fourth-order valence-corrected chi connectivity index (χ4v) is 4.79. The fourth-order valence-electron chi connectivity index (χ4n) is 3.07. The van der Waals surface area contributed by atoms with Crippen LogP contribution in [0.1, 0.15) is 12.2 Å². The second-order valence-electron chi connectivity index (χ2n) is 6.90. The van der Waals surface area contributed by atoms with Crippen LogP contribution < -0.4 is 9.47 Å². The topological polar surface area (TPSA) is 49.2 Å². The maximum absolute atomic E-state index is 5.84. The summed E-state index contributed by atoms with van der Waals surface area (Å²) in [6.07, 6.45) is 0.909. The first-order chi connectivity index (χ1) is 15.8. The van der Waals surface area contributed by atoms with Gasteiger partial charge >= 0.3 is 0 Å². The first-order valence-corrected chi connectivity index (χ1v) is 12.4. The van der Waals surface area contributed by atoms with E-state index < -0.39 is 0 Å². The van der Waals surface area contributed by atoms with Gasteiger partial charge in [0.15, 0.2) is 5.16 Å². The molecular formula is C25H25N3O2S2. The van der Waals surface area contributed by atoms with Crippen molar-refractivity contribution in [2.24, 2.45) is 0 Å². The Labute approximate surface area is 197 Å². The van der Waals surface area contributed by atoms with Crippen LogP contribution in [0.2, 0.25) is 0 Å². The molecule has 0 spiro atoms. The quantitative estimate of drug-likeness (QED) is 0.197. The smallest absolute Gasteiger partial charge is 0.195 e. The summed E-state index contributed by atoms with van der Waals surface area (Å²) in [7, 11) is 1.66. The number of rotatable bonds is 11. The minimum atomic E-state index is 0.648. The standard InChI is InChI=1S/C25H25N3O2S2/c1-29-21-13-15-22(16-14-21)30-17-8-18-31-25-27-26-24(19-32-23-11-6-3-7-12-23)28(25)20-9-4-2-5-10-20/h2-7,9-16H,8,17-19H2,1H3. The van der Waals surface area contributed by atoms with Crippen LogP contribution in [0.3, 0.4) is 0 Å². The molecule has 0 saturated carbocycles. The Balaban J connectivity index is 1.36. The molecule has 32 heavy (non-hydrogen) atoms. The van der Waals surface area contributed by atoms with Gasteiger partial charge in [-0.1, -0.05) is 48.2 Å². The zero-order valence-corrected chi connectivity index (χ0v) is 19.5. The van der Waals surface area contributed by atoms with E-state index >= 15 is 0 Å². The molecule has 0 saturated heterocycles. The first-order valence-electron chi connectivity index (χ1n) is 10.4. The van der Waals surface area contributed by atoms with Gasteiger partial charge in [0, 0.05) is 16.3 Å². The average molecular weight is 464 g/mol. The van der Waals surface area contributed by atoms with Gasteiger partial charge in [0.25, 0.3) is 0 Å². The molecule has 0 amide bonds. The molecular weight excluding hydrogens is 438 g/mol. The van der Waals surface area contributed by atoms with Crippen LogP contribution in [-0.4, -0.2) is 34.2 Å². The second-order valence-corrected chi connectivity index (χ2v) is 9.01. The monoisotopic (exact) mass is 463 g/mol. The lowest BCUT2D eigenvalue weighted by atomic mass is 10.3. The van der Waals surface area contributed by atoms with Crippen LogP contribution in [0.5, 0.6) is 11.5 Å². The van der Waals surface area contributed by atoms with Crippen molar-refractivity contribution in [1.29, 1.82) is 0 Å². The predicted octanol–water partition coefficient (Wildman–Crippen LogP) is 6.13. The van der Waals surface area contributed by atoms with Crippen LogP contribution in [0.15, 0.2) is 95.0 Å². The van der Waals surface area contributed by atoms with Crippen molar-refractivity contribution in [3.63, 3.8) is 0 Å². The lowest BCUT2D eigenvalue weighted by molar-refractivity contribution is 0.318. The van der Waals surface area contributed by atoms with Gasteiger partial charge in [0.2, 0.25) is 0 Å². The van der Waals surface area contributed by atoms with Crippen LogP contribution in [0.25, 0.3) is 5.69 Å². The lowest BCUT2D eigenvalue weighted by Gasteiger charge is -2.10. The maximum Gasteiger partial charge on any atom is 0.195 e. The van der Waals surface area contributed by atoms with E-state index in [1.807, 2.05) is 48.5 Å². The molecule has 5 nitrogen and oxygen atoms in total. The van der Waals surface area contributed by atoms with E-state index in [1.54, 1.807) is 30.6 Å². The highest BCUT2D eigenvalue weighted by Gasteiger charge is 2.14. The van der Waals surface area contributed by atoms with Gasteiger partial charge in [-0.05, 0) is 55.0 Å². The third kappa shape index (κ3) is 6.08. The average Bonchev–Trinajstić information content (AvgIpc) is 3.27. The summed E-state index contributed by atoms with van der Waals surface area (Å²) in [6.45, 7) is 0.648. The molecule has 4 rings (SSSR count). The molecule has 0 fully saturated rings. The summed E-state index contributed by atoms with van der Waals surface area (Å²) in [5.74, 6) is 4.28. The summed E-state index contributed by atoms with van der Waals surface area (Å²) in [4.78, 5) is 1.22. The molecule has 0 aliphatic carbocycles. The van der Waals surface area contributed by atoms with Gasteiger partial charge in [-0.25, -0.2) is 0 Å². The zero-order valence-electron chi connectivity index (χ0n) is 17.9. The minimum absolute atomic E-state index is 0.648. The summed E-state index contributed by atoms with van der Waals surface area (Å²) in [5.41, 5.74) is 1.08. The number of aromatic nitrogens is 3. The van der Waals surface area contributed by atoms with Crippen molar-refractivity contribution in [3.05, 3.63) is 90.8 Å². The van der Waals surface area contributed by atoms with E-state index in [1.165, 1.54) is 4.90 Å². The molecule has 0 aliphatic rings. The maximum atomic E-state index is 5.84. The fraction of sp³-hybridized carbons (Fsp3) is 0.200. The molecule has 1 heterocycles. The predicted molar refractivity (Wildman–Crippen MR) is 131 cm³/mol. The van der Waals surface area contributed by atoms with Gasteiger partial charge in [-0.2, -0.15) is 0 Å². The third-order valence-electron chi connectivity index (χ3n) is 4.67. The van der Waals surface area contributed by atoms with Gasteiger partial charge < -0.3 is 9.47 Å². The van der Waals surface area contributed by atoms with Crippen LogP contribution in [0, 0.1) is 0 Å². The van der Waals surface area contributed by atoms with Gasteiger partial charge in [-0.3, -0.25) is 4.57 Å². The zero-order chi connectivity index (χ0) is 22.0. The number of methoxy groups -OCH3 is 1. The molecule has 1 aromatic heterocycles. The van der Waals surface area contributed by atoms with E-state index in [4.69, 9.17) is 9.47 Å². The van der Waals surface area contributed by atoms with Crippen molar-refractivity contribution < 1.29 is 9.47 Å². The molecule has 0 radical (unpaired) electrons. The Hall–Kier alpha value is -2.90. The van der Waals surface area contributed by atoms with Gasteiger partial charge in [-0.15, -0.1) is 22.0 Å². The number of nitrogens with zero attached hydrogens (tertiary/aromatic N) is 3. The number of benzene rings is 3. The molecule has 0 aliphatic heterocycles. The summed E-state index contributed by atoms with van der Waals surface area (Å²) < 4.78 is 13.2. The molecule has 4 aromatic rings. The number of hydrogen-bond acceptors (Lipinski definition) is 6. The lowest BCUT2D eigenvalue weighted by Crippen LogP contribution is -2.03. The van der Waals surface area contributed by atoms with Crippen molar-refractivity contribution in [3.8, 4) is 17.2 Å². The molecule has 0 bridgehead atoms. The largest absolute Gasteiger partial charge is 0.497 e. The van der Waals surface area contributed by atoms with Gasteiger partial charge in [0.05, 0.1) is 19.5 Å². The SMILES string of the molecule is COc1ccc(OCCCSc2nnc(CSc3ccccc3)n2-c2ccccc2)cc1. The van der Waals surface area contributed by atoms with E-state index in [-0.39, 0.29) is 0 Å². The summed E-state index contributed by atoms with van der Waals surface area (Å²) in [5, 5.41) is 9.89. The van der Waals surface area contributed by atoms with Crippen LogP contribution in [-0.2, 0) is 5.75 Å². The Bertz CT molecular complexity index is 1090. The van der Waals surface area contributed by atoms with E-state index in [0.717, 1.165) is 46.1 Å². The molecule has 0 unspecified atom stereocenters. The Morgan fingerprint density at radius 1 is 0.781 bits per heavy atom. The van der Waals surface area contributed by atoms with Gasteiger partial charge in [0.1, 0.15) is 17.3 Å². The highest BCUT2D eigenvalue weighted by atomic mass is 32.2. The van der Waals surface area contributed by atoms with Crippen molar-refractivity contribution in [2.75, 3.05) is 19.5 Å². The Morgan fingerprint density at radius 3 is 2.19 bits per heavy atom. The molecule has 0 atom stereocenters. The highest BCUT2D eigenvalue weighted by molar-refractivity contribution is 7.99. The number of ether oxygens (including phenoxy) is 2. The number of thioether (sulfide) groups is 2. The first kappa shape index (κ1) is 22.3. The third-order valence-corrected chi connectivity index (χ3v) is 6.70. The van der Waals surface area contributed by atoms with E-state index in [2.05, 4.69) is 51.2 Å². The van der Waals surface area contributed by atoms with Crippen LogP contribution >= 0.6 is 23.5 Å². The second kappa shape index (κ2) is 11.6. The van der Waals surface area contributed by atoms with E-state index in [0.29, 0.717) is 6.61 Å². The Kier molecular flexibility index (Phi) is 8.11. The normalized spacial score (nSPS) is 10.8. The van der Waals surface area contributed by atoms with Crippen molar-refractivity contribution in [1.82, 2.24) is 14.8 Å². The Morgan fingerprint density at radius 2 is 1.47 bits per heavy atom. The summed E-state index contributed by atoms with van der Waals surface area (Å²) in [6, 6.07) is 28.3. The molecule has 7 heteroatoms. The number of hydrogen-bond donors (Lipinski definition) is 0. The van der Waals surface area contributed by atoms with E-state index in [9.17, 15) is 0 Å². The van der Waals surface area contributed by atoms with Crippen molar-refractivity contribution >= 4 is 23.5 Å². The molecule has 0 N–H and O–H groups in total. The number of para-hydroxylation sites is 1. The summed E-state index contributed by atoms with van der Waals surface area (Å²) >= 11 is 3.47. The van der Waals surface area contributed by atoms with Crippen molar-refractivity contribution in [2.45, 2.75) is 22.2 Å². The minimum Gasteiger partial charge on any atom is -0.497 e. The van der Waals surface area contributed by atoms with Crippen LogP contribution in [0.4, 0.5) is 0 Å². The molecule has 164 valence electrons. The highest BCUT2D eigenvalue weighted by Crippen LogP contribution is 2.27.